The average molecular weight is 293 g/mol. The Labute approximate surface area is 125 Å². The van der Waals surface area contributed by atoms with Crippen molar-refractivity contribution in [2.24, 2.45) is 0 Å². The molecule has 2 rings (SSSR count). The summed E-state index contributed by atoms with van der Waals surface area (Å²) in [6.45, 7) is 8.41. The van der Waals surface area contributed by atoms with Crippen molar-refractivity contribution in [3.05, 3.63) is 67.7 Å². The summed E-state index contributed by atoms with van der Waals surface area (Å²) in [6, 6.07) is 8.21. The number of hydrogen-bond donors (Lipinski definition) is 0. The molecule has 19 heavy (non-hydrogen) atoms. The first-order chi connectivity index (χ1) is 8.91. The average Bonchev–Trinajstić information content (AvgIpc) is 2.39. The molecule has 2 heteroatoms. The lowest BCUT2D eigenvalue weighted by molar-refractivity contribution is 1.10. The van der Waals surface area contributed by atoms with Crippen molar-refractivity contribution >= 4 is 23.2 Å². The molecule has 0 unspecified atom stereocenters. The highest BCUT2D eigenvalue weighted by atomic mass is 35.5. The van der Waals surface area contributed by atoms with Gasteiger partial charge in [-0.3, -0.25) is 0 Å². The molecule has 0 amide bonds. The summed E-state index contributed by atoms with van der Waals surface area (Å²) >= 11 is 12.3. The maximum Gasteiger partial charge on any atom is 0.0438 e. The Balaban J connectivity index is 2.43. The van der Waals surface area contributed by atoms with Crippen molar-refractivity contribution in [2.75, 3.05) is 0 Å². The van der Waals surface area contributed by atoms with Crippen LogP contribution in [0, 0.1) is 27.7 Å². The Bertz CT molecular complexity index is 572. The fourth-order valence-corrected chi connectivity index (χ4v) is 2.69. The minimum atomic E-state index is 0.838. The predicted octanol–water partition coefficient (Wildman–Crippen LogP) is 5.82. The predicted molar refractivity (Wildman–Crippen MR) is 84.7 cm³/mol. The minimum absolute atomic E-state index is 0.838. The summed E-state index contributed by atoms with van der Waals surface area (Å²) in [4.78, 5) is 0. The molecule has 0 radical (unpaired) electrons. The number of hydrogen-bond acceptors (Lipinski definition) is 0. The maximum absolute atomic E-state index is 6.15. The first-order valence-corrected chi connectivity index (χ1v) is 7.16. The fraction of sp³-hybridized carbons (Fsp3) is 0.294. The van der Waals surface area contributed by atoms with Crippen LogP contribution in [0.15, 0.2) is 24.3 Å². The van der Waals surface area contributed by atoms with Gasteiger partial charge in [0.25, 0.3) is 0 Å². The zero-order valence-electron chi connectivity index (χ0n) is 11.8. The first-order valence-electron chi connectivity index (χ1n) is 6.41. The highest BCUT2D eigenvalue weighted by Gasteiger charge is 2.09. The van der Waals surface area contributed by atoms with Gasteiger partial charge in [0.15, 0.2) is 0 Å². The van der Waals surface area contributed by atoms with Crippen molar-refractivity contribution in [1.29, 1.82) is 0 Å². The topological polar surface area (TPSA) is 0 Å². The number of rotatable bonds is 2. The van der Waals surface area contributed by atoms with Gasteiger partial charge in [0.1, 0.15) is 0 Å². The van der Waals surface area contributed by atoms with E-state index in [1.54, 1.807) is 0 Å². The highest BCUT2D eigenvalue weighted by molar-refractivity contribution is 6.31. The molecule has 0 aromatic heterocycles. The zero-order valence-corrected chi connectivity index (χ0v) is 13.3. The fourth-order valence-electron chi connectivity index (χ4n) is 2.28. The second-order valence-corrected chi connectivity index (χ2v) is 5.90. The third-order valence-corrected chi connectivity index (χ3v) is 4.87. The minimum Gasteiger partial charge on any atom is -0.0840 e. The second kappa shape index (κ2) is 5.56. The Morgan fingerprint density at radius 3 is 1.37 bits per heavy atom. The van der Waals surface area contributed by atoms with Crippen molar-refractivity contribution in [1.82, 2.24) is 0 Å². The molecule has 0 aliphatic heterocycles. The van der Waals surface area contributed by atoms with E-state index in [0.29, 0.717) is 0 Å². The molecule has 0 bridgehead atoms. The summed E-state index contributed by atoms with van der Waals surface area (Å²) < 4.78 is 0. The molecule has 0 aliphatic rings. The molecular weight excluding hydrogens is 275 g/mol. The van der Waals surface area contributed by atoms with Crippen LogP contribution in [0.25, 0.3) is 0 Å². The van der Waals surface area contributed by atoms with Gasteiger partial charge in [0.05, 0.1) is 0 Å². The largest absolute Gasteiger partial charge is 0.0840 e. The molecule has 0 fully saturated rings. The standard InChI is InChI=1S/C17H18Cl2/c1-10-12(3)16(18)7-5-14(10)9-15-6-8-17(19)13(4)11(15)2/h5-8H,9H2,1-4H3. The molecule has 0 heterocycles. The lowest BCUT2D eigenvalue weighted by Crippen LogP contribution is -1.98. The lowest BCUT2D eigenvalue weighted by Gasteiger charge is -2.14. The van der Waals surface area contributed by atoms with Crippen LogP contribution in [-0.4, -0.2) is 0 Å². The van der Waals surface area contributed by atoms with E-state index in [1.165, 1.54) is 33.4 Å². The zero-order chi connectivity index (χ0) is 14.2. The van der Waals surface area contributed by atoms with Crippen LogP contribution in [0.1, 0.15) is 33.4 Å². The van der Waals surface area contributed by atoms with Crippen LogP contribution < -0.4 is 0 Å². The molecule has 0 saturated heterocycles. The van der Waals surface area contributed by atoms with Crippen molar-refractivity contribution in [2.45, 2.75) is 34.1 Å². The van der Waals surface area contributed by atoms with Gasteiger partial charge in [-0.15, -0.1) is 0 Å². The monoisotopic (exact) mass is 292 g/mol. The lowest BCUT2D eigenvalue weighted by atomic mass is 9.93. The Morgan fingerprint density at radius 1 is 0.632 bits per heavy atom. The van der Waals surface area contributed by atoms with Crippen LogP contribution in [-0.2, 0) is 6.42 Å². The normalized spacial score (nSPS) is 10.8. The van der Waals surface area contributed by atoms with Gasteiger partial charge in [0, 0.05) is 10.0 Å². The summed E-state index contributed by atoms with van der Waals surface area (Å²) in [5.74, 6) is 0. The van der Waals surface area contributed by atoms with Crippen LogP contribution in [0.4, 0.5) is 0 Å². The molecule has 0 atom stereocenters. The summed E-state index contributed by atoms with van der Waals surface area (Å²) in [5.41, 5.74) is 7.54. The van der Waals surface area contributed by atoms with Gasteiger partial charge in [-0.05, 0) is 79.6 Å². The molecule has 2 aromatic rings. The van der Waals surface area contributed by atoms with E-state index in [1.807, 2.05) is 12.1 Å². The first kappa shape index (κ1) is 14.4. The van der Waals surface area contributed by atoms with E-state index in [4.69, 9.17) is 23.2 Å². The summed E-state index contributed by atoms with van der Waals surface area (Å²) in [6.07, 6.45) is 0.924. The third kappa shape index (κ3) is 2.80. The van der Waals surface area contributed by atoms with Gasteiger partial charge < -0.3 is 0 Å². The summed E-state index contributed by atoms with van der Waals surface area (Å²) in [5, 5.41) is 1.68. The van der Waals surface area contributed by atoms with Gasteiger partial charge in [-0.2, -0.15) is 0 Å². The van der Waals surface area contributed by atoms with Crippen molar-refractivity contribution < 1.29 is 0 Å². The molecule has 0 spiro atoms. The van der Waals surface area contributed by atoms with Crippen molar-refractivity contribution in [3.8, 4) is 0 Å². The summed E-state index contributed by atoms with van der Waals surface area (Å²) in [7, 11) is 0. The number of halogens is 2. The molecule has 2 aromatic carbocycles. The van der Waals surface area contributed by atoms with Crippen LogP contribution in [0.2, 0.25) is 10.0 Å². The van der Waals surface area contributed by atoms with E-state index in [2.05, 4.69) is 39.8 Å². The second-order valence-electron chi connectivity index (χ2n) is 5.09. The van der Waals surface area contributed by atoms with Crippen LogP contribution >= 0.6 is 23.2 Å². The van der Waals surface area contributed by atoms with Crippen LogP contribution in [0.3, 0.4) is 0 Å². The maximum atomic E-state index is 6.15. The molecule has 100 valence electrons. The van der Waals surface area contributed by atoms with Crippen LogP contribution in [0.5, 0.6) is 0 Å². The quantitative estimate of drug-likeness (QED) is 0.654. The van der Waals surface area contributed by atoms with Gasteiger partial charge in [-0.25, -0.2) is 0 Å². The molecule has 0 nitrogen and oxygen atoms in total. The van der Waals surface area contributed by atoms with E-state index in [9.17, 15) is 0 Å². The Kier molecular flexibility index (Phi) is 4.23. The smallest absolute Gasteiger partial charge is 0.0438 e. The number of benzene rings is 2. The third-order valence-electron chi connectivity index (χ3n) is 4.05. The molecule has 0 aliphatic carbocycles. The Hall–Kier alpha value is -0.980. The Morgan fingerprint density at radius 2 is 1.00 bits per heavy atom. The van der Waals surface area contributed by atoms with Gasteiger partial charge in [-0.1, -0.05) is 35.3 Å². The van der Waals surface area contributed by atoms with E-state index < -0.39 is 0 Å². The van der Waals surface area contributed by atoms with E-state index in [0.717, 1.165) is 16.5 Å². The molecular formula is C17H18Cl2. The van der Waals surface area contributed by atoms with Crippen molar-refractivity contribution in [3.63, 3.8) is 0 Å². The van der Waals surface area contributed by atoms with Gasteiger partial charge in [0.2, 0.25) is 0 Å². The highest BCUT2D eigenvalue weighted by Crippen LogP contribution is 2.27. The molecule has 0 N–H and O–H groups in total. The van der Waals surface area contributed by atoms with Gasteiger partial charge >= 0.3 is 0 Å². The van der Waals surface area contributed by atoms with E-state index in [-0.39, 0.29) is 0 Å². The SMILES string of the molecule is Cc1c(Cl)ccc(Cc2ccc(Cl)c(C)c2C)c1C. The molecule has 0 saturated carbocycles. The van der Waals surface area contributed by atoms with E-state index >= 15 is 0 Å².